The van der Waals surface area contributed by atoms with Crippen molar-refractivity contribution in [1.82, 2.24) is 10.2 Å². The Bertz CT molecular complexity index is 182. The summed E-state index contributed by atoms with van der Waals surface area (Å²) < 4.78 is 0. The number of hydrogen-bond acceptors (Lipinski definition) is 3. The van der Waals surface area contributed by atoms with E-state index in [1.165, 1.54) is 0 Å². The van der Waals surface area contributed by atoms with Gasteiger partial charge in [-0.05, 0) is 5.92 Å². The molecule has 1 fully saturated rings. The molecule has 0 aromatic rings. The summed E-state index contributed by atoms with van der Waals surface area (Å²) in [6.45, 7) is 3.96. The highest BCUT2D eigenvalue weighted by atomic mass is 16.3. The second-order valence-electron chi connectivity index (χ2n) is 3.54. The standard InChI is InChI=1S/C8H16N2O2/c1-5(2)7-8(12)10(3)6(4-11)9-7/h5-7,9,11H,4H2,1-3H3/t6-,7-/m0/s1. The van der Waals surface area contributed by atoms with Gasteiger partial charge in [0.1, 0.15) is 6.17 Å². The van der Waals surface area contributed by atoms with E-state index in [1.54, 1.807) is 11.9 Å². The molecule has 0 bridgehead atoms. The molecule has 2 atom stereocenters. The lowest BCUT2D eigenvalue weighted by molar-refractivity contribution is -0.129. The van der Waals surface area contributed by atoms with Crippen LogP contribution in [0.1, 0.15) is 13.8 Å². The van der Waals surface area contributed by atoms with Crippen molar-refractivity contribution in [3.05, 3.63) is 0 Å². The van der Waals surface area contributed by atoms with Gasteiger partial charge in [-0.2, -0.15) is 0 Å². The summed E-state index contributed by atoms with van der Waals surface area (Å²) in [5.41, 5.74) is 0. The van der Waals surface area contributed by atoms with Crippen LogP contribution in [0.2, 0.25) is 0 Å². The highest BCUT2D eigenvalue weighted by molar-refractivity contribution is 5.84. The molecule has 2 N–H and O–H groups in total. The molecule has 4 nitrogen and oxygen atoms in total. The van der Waals surface area contributed by atoms with E-state index < -0.39 is 0 Å². The quantitative estimate of drug-likeness (QED) is 0.584. The second kappa shape index (κ2) is 3.41. The Morgan fingerprint density at radius 1 is 1.67 bits per heavy atom. The molecule has 0 spiro atoms. The van der Waals surface area contributed by atoms with Gasteiger partial charge in [0.2, 0.25) is 5.91 Å². The lowest BCUT2D eigenvalue weighted by atomic mass is 10.1. The third-order valence-electron chi connectivity index (χ3n) is 2.29. The Kier molecular flexibility index (Phi) is 2.69. The van der Waals surface area contributed by atoms with Crippen molar-refractivity contribution in [3.63, 3.8) is 0 Å². The van der Waals surface area contributed by atoms with Crippen LogP contribution in [-0.4, -0.2) is 41.8 Å². The smallest absolute Gasteiger partial charge is 0.241 e. The van der Waals surface area contributed by atoms with Crippen molar-refractivity contribution in [2.75, 3.05) is 13.7 Å². The van der Waals surface area contributed by atoms with Gasteiger partial charge in [0.15, 0.2) is 0 Å². The van der Waals surface area contributed by atoms with Gasteiger partial charge < -0.3 is 10.0 Å². The van der Waals surface area contributed by atoms with E-state index >= 15 is 0 Å². The van der Waals surface area contributed by atoms with Gasteiger partial charge in [0, 0.05) is 7.05 Å². The lowest BCUT2D eigenvalue weighted by Crippen LogP contribution is -2.38. The minimum atomic E-state index is -0.204. The van der Waals surface area contributed by atoms with E-state index in [2.05, 4.69) is 5.32 Å². The summed E-state index contributed by atoms with van der Waals surface area (Å²) in [6.07, 6.45) is -0.204. The van der Waals surface area contributed by atoms with Crippen LogP contribution in [0.4, 0.5) is 0 Å². The normalized spacial score (nSPS) is 30.4. The summed E-state index contributed by atoms with van der Waals surface area (Å²) in [5.74, 6) is 0.348. The van der Waals surface area contributed by atoms with E-state index in [4.69, 9.17) is 5.11 Å². The number of aliphatic hydroxyl groups is 1. The minimum Gasteiger partial charge on any atom is -0.393 e. The third kappa shape index (κ3) is 1.44. The molecule has 0 radical (unpaired) electrons. The van der Waals surface area contributed by atoms with Crippen molar-refractivity contribution in [2.24, 2.45) is 5.92 Å². The Morgan fingerprint density at radius 3 is 2.50 bits per heavy atom. The molecule has 1 saturated heterocycles. The fourth-order valence-corrected chi connectivity index (χ4v) is 1.42. The lowest BCUT2D eigenvalue weighted by Gasteiger charge is -2.15. The zero-order valence-corrected chi connectivity index (χ0v) is 7.74. The molecular weight excluding hydrogens is 156 g/mol. The van der Waals surface area contributed by atoms with Gasteiger partial charge >= 0.3 is 0 Å². The Balaban J connectivity index is 2.67. The monoisotopic (exact) mass is 172 g/mol. The van der Waals surface area contributed by atoms with Crippen LogP contribution < -0.4 is 5.32 Å². The number of amides is 1. The van der Waals surface area contributed by atoms with Crippen LogP contribution in [0, 0.1) is 5.92 Å². The molecule has 1 amide bonds. The molecular formula is C8H16N2O2. The second-order valence-corrected chi connectivity index (χ2v) is 3.54. The molecule has 0 saturated carbocycles. The van der Waals surface area contributed by atoms with Crippen molar-refractivity contribution < 1.29 is 9.90 Å². The molecule has 0 aliphatic carbocycles. The van der Waals surface area contributed by atoms with Crippen LogP contribution in [0.25, 0.3) is 0 Å². The number of aliphatic hydroxyl groups excluding tert-OH is 1. The summed E-state index contributed by atoms with van der Waals surface area (Å²) in [5, 5.41) is 12.0. The summed E-state index contributed by atoms with van der Waals surface area (Å²) in [4.78, 5) is 13.0. The number of rotatable bonds is 2. The van der Waals surface area contributed by atoms with Crippen LogP contribution in [0.5, 0.6) is 0 Å². The van der Waals surface area contributed by atoms with Crippen molar-refractivity contribution >= 4 is 5.91 Å². The average Bonchev–Trinajstić information content (AvgIpc) is 2.30. The fourth-order valence-electron chi connectivity index (χ4n) is 1.42. The molecule has 4 heteroatoms. The van der Waals surface area contributed by atoms with Gasteiger partial charge in [-0.15, -0.1) is 0 Å². The van der Waals surface area contributed by atoms with Gasteiger partial charge in [-0.25, -0.2) is 0 Å². The highest BCUT2D eigenvalue weighted by Crippen LogP contribution is 2.14. The highest BCUT2D eigenvalue weighted by Gasteiger charge is 2.37. The first-order valence-corrected chi connectivity index (χ1v) is 4.21. The van der Waals surface area contributed by atoms with Crippen molar-refractivity contribution in [1.29, 1.82) is 0 Å². The van der Waals surface area contributed by atoms with Crippen molar-refractivity contribution in [3.8, 4) is 0 Å². The fraction of sp³-hybridized carbons (Fsp3) is 0.875. The number of nitrogens with one attached hydrogen (secondary N) is 1. The molecule has 70 valence electrons. The van der Waals surface area contributed by atoms with Gasteiger partial charge in [-0.1, -0.05) is 13.8 Å². The van der Waals surface area contributed by atoms with E-state index in [1.807, 2.05) is 13.8 Å². The maximum atomic E-state index is 11.5. The molecule has 1 rings (SSSR count). The Morgan fingerprint density at radius 2 is 2.25 bits per heavy atom. The predicted octanol–water partition coefficient (Wildman–Crippen LogP) is -0.609. The number of likely N-dealkylation sites (N-methyl/N-ethyl adjacent to an activating group) is 1. The first-order valence-electron chi connectivity index (χ1n) is 4.21. The average molecular weight is 172 g/mol. The maximum Gasteiger partial charge on any atom is 0.241 e. The summed E-state index contributed by atoms with van der Waals surface area (Å²) in [7, 11) is 1.71. The zero-order valence-electron chi connectivity index (χ0n) is 7.74. The summed E-state index contributed by atoms with van der Waals surface area (Å²) in [6, 6.07) is -0.132. The maximum absolute atomic E-state index is 11.5. The molecule has 0 aromatic carbocycles. The molecule has 1 aliphatic heterocycles. The number of nitrogens with zero attached hydrogens (tertiary/aromatic N) is 1. The van der Waals surface area contributed by atoms with Gasteiger partial charge in [0.25, 0.3) is 0 Å². The van der Waals surface area contributed by atoms with E-state index in [0.29, 0.717) is 0 Å². The molecule has 12 heavy (non-hydrogen) atoms. The molecule has 0 aromatic heterocycles. The Labute approximate surface area is 72.6 Å². The number of carbonyl (C=O) groups excluding carboxylic acids is 1. The van der Waals surface area contributed by atoms with Crippen LogP contribution in [0.15, 0.2) is 0 Å². The molecule has 1 heterocycles. The zero-order chi connectivity index (χ0) is 9.30. The third-order valence-corrected chi connectivity index (χ3v) is 2.29. The van der Waals surface area contributed by atoms with Gasteiger partial charge in [-0.3, -0.25) is 10.1 Å². The first-order chi connectivity index (χ1) is 5.57. The van der Waals surface area contributed by atoms with E-state index in [0.717, 1.165) is 0 Å². The predicted molar refractivity (Wildman–Crippen MR) is 45.4 cm³/mol. The van der Waals surface area contributed by atoms with E-state index in [9.17, 15) is 4.79 Å². The number of carbonyl (C=O) groups is 1. The molecule has 1 aliphatic rings. The van der Waals surface area contributed by atoms with Crippen LogP contribution in [0.3, 0.4) is 0 Å². The molecule has 0 unspecified atom stereocenters. The van der Waals surface area contributed by atoms with E-state index in [-0.39, 0.29) is 30.6 Å². The van der Waals surface area contributed by atoms with Gasteiger partial charge in [0.05, 0.1) is 12.6 Å². The minimum absolute atomic E-state index is 0.0224. The van der Waals surface area contributed by atoms with Crippen molar-refractivity contribution in [2.45, 2.75) is 26.1 Å². The largest absolute Gasteiger partial charge is 0.393 e. The summed E-state index contributed by atoms with van der Waals surface area (Å²) >= 11 is 0. The van der Waals surface area contributed by atoms with Crippen LogP contribution >= 0.6 is 0 Å². The number of hydrogen-bond donors (Lipinski definition) is 2. The Hall–Kier alpha value is -0.610. The SMILES string of the molecule is CC(C)[C@@H]1N[C@H](CO)N(C)C1=O. The topological polar surface area (TPSA) is 52.6 Å². The first kappa shape index (κ1) is 9.48. The van der Waals surface area contributed by atoms with Crippen LogP contribution in [-0.2, 0) is 4.79 Å².